The zero-order chi connectivity index (χ0) is 14.5. The zero-order valence-electron chi connectivity index (χ0n) is 12.8. The molecule has 4 heteroatoms. The fourth-order valence-corrected chi connectivity index (χ4v) is 3.76. The second-order valence-electron chi connectivity index (χ2n) is 6.77. The van der Waals surface area contributed by atoms with Gasteiger partial charge in [-0.3, -0.25) is 0 Å². The first-order chi connectivity index (χ1) is 8.68. The molecule has 0 spiro atoms. The molecule has 1 N–H and O–H groups in total. The Labute approximate surface area is 118 Å². The first kappa shape index (κ1) is 16.7. The summed E-state index contributed by atoms with van der Waals surface area (Å²) in [5, 5.41) is 3.32. The third kappa shape index (κ3) is 7.11. The van der Waals surface area contributed by atoms with E-state index in [9.17, 15) is 8.42 Å². The summed E-state index contributed by atoms with van der Waals surface area (Å²) < 4.78 is 23.2. The number of rotatable bonds is 5. The highest BCUT2D eigenvalue weighted by atomic mass is 32.2. The van der Waals surface area contributed by atoms with Crippen LogP contribution < -0.4 is 5.32 Å². The summed E-state index contributed by atoms with van der Waals surface area (Å²) in [6.07, 6.45) is 10.6. The Kier molecular flexibility index (Phi) is 6.06. The molecule has 2 unspecified atom stereocenters. The molecule has 0 radical (unpaired) electrons. The van der Waals surface area contributed by atoms with Crippen LogP contribution in [0.25, 0.3) is 0 Å². The normalized spacial score (nSPS) is 25.9. The summed E-state index contributed by atoms with van der Waals surface area (Å²) in [6.45, 7) is 7.46. The van der Waals surface area contributed by atoms with Crippen molar-refractivity contribution < 1.29 is 8.42 Å². The monoisotopic (exact) mass is 287 g/mol. The van der Waals surface area contributed by atoms with Gasteiger partial charge in [-0.05, 0) is 58.9 Å². The first-order valence-corrected chi connectivity index (χ1v) is 9.24. The molecule has 1 saturated carbocycles. The predicted octanol–water partition coefficient (Wildman–Crippen LogP) is 2.92. The summed E-state index contributed by atoms with van der Waals surface area (Å²) in [7, 11) is -2.86. The average Bonchev–Trinajstić information content (AvgIpc) is 2.26. The number of hydrogen-bond donors (Lipinski definition) is 1. The van der Waals surface area contributed by atoms with Crippen molar-refractivity contribution in [2.45, 2.75) is 63.7 Å². The van der Waals surface area contributed by atoms with Gasteiger partial charge < -0.3 is 5.32 Å². The molecular formula is C15H29NO2S. The summed E-state index contributed by atoms with van der Waals surface area (Å²) in [5.74, 6) is 0.447. The summed E-state index contributed by atoms with van der Waals surface area (Å²) in [5.41, 5.74) is 0.167. The Morgan fingerprint density at radius 3 is 2.53 bits per heavy atom. The van der Waals surface area contributed by atoms with Crippen LogP contribution in [0.1, 0.15) is 52.9 Å². The topological polar surface area (TPSA) is 46.2 Å². The molecule has 2 atom stereocenters. The van der Waals surface area contributed by atoms with Gasteiger partial charge in [0.1, 0.15) is 9.84 Å². The molecule has 0 aromatic heterocycles. The Morgan fingerprint density at radius 1 is 1.26 bits per heavy atom. The molecule has 3 nitrogen and oxygen atoms in total. The zero-order valence-corrected chi connectivity index (χ0v) is 13.6. The van der Waals surface area contributed by atoms with Crippen LogP contribution in [0.5, 0.6) is 0 Å². The van der Waals surface area contributed by atoms with Crippen LogP contribution in [0.3, 0.4) is 0 Å². The maximum atomic E-state index is 11.6. The second kappa shape index (κ2) is 6.89. The van der Waals surface area contributed by atoms with E-state index in [1.807, 2.05) is 0 Å². The Balaban J connectivity index is 2.33. The summed E-state index contributed by atoms with van der Waals surface area (Å²) in [6, 6.07) is 0. The van der Waals surface area contributed by atoms with Gasteiger partial charge in [0.15, 0.2) is 0 Å². The molecule has 0 amide bonds. The van der Waals surface area contributed by atoms with Crippen molar-refractivity contribution in [1.29, 1.82) is 0 Å². The summed E-state index contributed by atoms with van der Waals surface area (Å²) >= 11 is 0. The van der Waals surface area contributed by atoms with Crippen molar-refractivity contribution in [3.63, 3.8) is 0 Å². The van der Waals surface area contributed by atoms with Gasteiger partial charge >= 0.3 is 0 Å². The minimum absolute atomic E-state index is 0.122. The molecule has 112 valence electrons. The lowest BCUT2D eigenvalue weighted by Crippen LogP contribution is -2.36. The van der Waals surface area contributed by atoms with E-state index in [-0.39, 0.29) is 10.8 Å². The minimum atomic E-state index is -2.86. The molecule has 0 aliphatic heterocycles. The Morgan fingerprint density at radius 2 is 1.95 bits per heavy atom. The highest BCUT2D eigenvalue weighted by molar-refractivity contribution is 7.91. The molecule has 0 bridgehead atoms. The van der Waals surface area contributed by atoms with Crippen LogP contribution in [0.2, 0.25) is 0 Å². The molecular weight excluding hydrogens is 258 g/mol. The van der Waals surface area contributed by atoms with Crippen LogP contribution >= 0.6 is 0 Å². The third-order valence-electron chi connectivity index (χ3n) is 3.65. The third-order valence-corrected chi connectivity index (χ3v) is 5.29. The standard InChI is InChI=1S/C15H29NO2S/c1-15(2,3)16-11-6-5-8-13-9-7-10-14(12-13)19(4,17)18/h5,8,13-14,16H,6-7,9-12H2,1-4H3. The lowest BCUT2D eigenvalue weighted by molar-refractivity contribution is 0.412. The van der Waals surface area contributed by atoms with Crippen LogP contribution in [0.15, 0.2) is 12.2 Å². The molecule has 1 aliphatic rings. The Bertz CT molecular complexity index is 393. The fraction of sp³-hybridized carbons (Fsp3) is 0.867. The molecule has 19 heavy (non-hydrogen) atoms. The fourth-order valence-electron chi connectivity index (χ4n) is 2.56. The van der Waals surface area contributed by atoms with Gasteiger partial charge in [0, 0.05) is 11.8 Å². The highest BCUT2D eigenvalue weighted by Crippen LogP contribution is 2.29. The van der Waals surface area contributed by atoms with Crippen molar-refractivity contribution >= 4 is 9.84 Å². The summed E-state index contributed by atoms with van der Waals surface area (Å²) in [4.78, 5) is 0. The quantitative estimate of drug-likeness (QED) is 0.624. The molecule has 1 aliphatic carbocycles. The van der Waals surface area contributed by atoms with Gasteiger partial charge in [-0.25, -0.2) is 8.42 Å². The van der Waals surface area contributed by atoms with Crippen molar-refractivity contribution in [3.8, 4) is 0 Å². The Hall–Kier alpha value is -0.350. The lowest BCUT2D eigenvalue weighted by Gasteiger charge is -2.26. The van der Waals surface area contributed by atoms with Crippen molar-refractivity contribution in [3.05, 3.63) is 12.2 Å². The maximum absolute atomic E-state index is 11.6. The molecule has 0 heterocycles. The number of sulfone groups is 1. The average molecular weight is 287 g/mol. The second-order valence-corrected chi connectivity index (χ2v) is 9.10. The van der Waals surface area contributed by atoms with Crippen LogP contribution in [-0.4, -0.2) is 32.0 Å². The van der Waals surface area contributed by atoms with E-state index < -0.39 is 9.84 Å². The lowest BCUT2D eigenvalue weighted by atomic mass is 9.88. The van der Waals surface area contributed by atoms with E-state index in [0.717, 1.165) is 38.6 Å². The van der Waals surface area contributed by atoms with Crippen LogP contribution in [0, 0.1) is 5.92 Å². The van der Waals surface area contributed by atoms with E-state index in [1.54, 1.807) is 0 Å². The number of nitrogens with one attached hydrogen (secondary N) is 1. The van der Waals surface area contributed by atoms with Gasteiger partial charge in [-0.2, -0.15) is 0 Å². The molecule has 1 rings (SSSR count). The van der Waals surface area contributed by atoms with Crippen molar-refractivity contribution in [2.24, 2.45) is 5.92 Å². The van der Waals surface area contributed by atoms with E-state index in [1.165, 1.54) is 6.26 Å². The van der Waals surface area contributed by atoms with Gasteiger partial charge in [-0.1, -0.05) is 18.6 Å². The van der Waals surface area contributed by atoms with Gasteiger partial charge in [-0.15, -0.1) is 0 Å². The van der Waals surface area contributed by atoms with Gasteiger partial charge in [0.05, 0.1) is 5.25 Å². The smallest absolute Gasteiger partial charge is 0.150 e. The largest absolute Gasteiger partial charge is 0.312 e. The number of hydrogen-bond acceptors (Lipinski definition) is 3. The number of allylic oxidation sites excluding steroid dienone is 1. The highest BCUT2D eigenvalue weighted by Gasteiger charge is 2.27. The molecule has 1 fully saturated rings. The SMILES string of the molecule is CC(C)(C)NCCC=CC1CCCC(S(C)(=O)=O)C1. The molecule has 0 aromatic carbocycles. The van der Waals surface area contributed by atoms with Gasteiger partial charge in [0.25, 0.3) is 0 Å². The van der Waals surface area contributed by atoms with Gasteiger partial charge in [0.2, 0.25) is 0 Å². The minimum Gasteiger partial charge on any atom is -0.312 e. The van der Waals surface area contributed by atoms with E-state index in [0.29, 0.717) is 5.92 Å². The van der Waals surface area contributed by atoms with Crippen molar-refractivity contribution in [1.82, 2.24) is 5.32 Å². The van der Waals surface area contributed by atoms with E-state index in [4.69, 9.17) is 0 Å². The van der Waals surface area contributed by atoms with Crippen molar-refractivity contribution in [2.75, 3.05) is 12.8 Å². The maximum Gasteiger partial charge on any atom is 0.150 e. The van der Waals surface area contributed by atoms with Crippen LogP contribution in [0.4, 0.5) is 0 Å². The van der Waals surface area contributed by atoms with E-state index >= 15 is 0 Å². The van der Waals surface area contributed by atoms with E-state index in [2.05, 4.69) is 38.2 Å². The predicted molar refractivity (Wildman–Crippen MR) is 82.1 cm³/mol. The molecule has 0 saturated heterocycles. The molecule has 0 aromatic rings. The van der Waals surface area contributed by atoms with Crippen LogP contribution in [-0.2, 0) is 9.84 Å². The first-order valence-electron chi connectivity index (χ1n) is 7.29.